The van der Waals surface area contributed by atoms with Crippen molar-refractivity contribution in [3.8, 4) is 0 Å². The van der Waals surface area contributed by atoms with Crippen LogP contribution in [0.3, 0.4) is 0 Å². The van der Waals surface area contributed by atoms with E-state index in [2.05, 4.69) is 0 Å². The Morgan fingerprint density at radius 1 is 1.18 bits per heavy atom. The fourth-order valence-electron chi connectivity index (χ4n) is 1.01. The Hall–Kier alpha value is 0.130. The summed E-state index contributed by atoms with van der Waals surface area (Å²) in [6.45, 7) is 1.62. The van der Waals surface area contributed by atoms with Crippen LogP contribution in [-0.2, 0) is 4.74 Å². The summed E-state index contributed by atoms with van der Waals surface area (Å²) in [5.74, 6) is 0. The maximum atomic E-state index is 9.17. The number of ether oxygens (including phenoxy) is 1. The molecule has 0 aromatic rings. The lowest BCUT2D eigenvalue weighted by Gasteiger charge is -2.36. The molecule has 5 heteroatoms. The van der Waals surface area contributed by atoms with Crippen molar-refractivity contribution in [1.82, 2.24) is 0 Å². The summed E-state index contributed by atoms with van der Waals surface area (Å²) >= 11 is 5.63. The summed E-state index contributed by atoms with van der Waals surface area (Å²) in [4.78, 5) is 0. The maximum absolute atomic E-state index is 9.17. The van der Waals surface area contributed by atoms with Gasteiger partial charge in [0, 0.05) is 0 Å². The highest BCUT2D eigenvalue weighted by Gasteiger charge is 2.40. The molecule has 0 aliphatic carbocycles. The van der Waals surface area contributed by atoms with Crippen molar-refractivity contribution >= 4 is 11.6 Å². The molecule has 0 unspecified atom stereocenters. The van der Waals surface area contributed by atoms with E-state index in [1.54, 1.807) is 6.92 Å². The molecule has 0 aromatic heterocycles. The van der Waals surface area contributed by atoms with Gasteiger partial charge in [-0.1, -0.05) is 0 Å². The maximum Gasteiger partial charge on any atom is 0.183 e. The van der Waals surface area contributed by atoms with Crippen LogP contribution in [0.4, 0.5) is 0 Å². The van der Waals surface area contributed by atoms with E-state index in [-0.39, 0.29) is 0 Å². The van der Waals surface area contributed by atoms with Crippen LogP contribution in [0.2, 0.25) is 0 Å². The molecular formula is C6H11ClO4. The first kappa shape index (κ1) is 9.22. The summed E-state index contributed by atoms with van der Waals surface area (Å²) in [6, 6.07) is 0. The van der Waals surface area contributed by atoms with Crippen LogP contribution in [0, 0.1) is 0 Å². The molecule has 0 saturated carbocycles. The highest BCUT2D eigenvalue weighted by atomic mass is 35.5. The minimum absolute atomic E-state index is 0.454. The van der Waals surface area contributed by atoms with Gasteiger partial charge < -0.3 is 20.1 Å². The van der Waals surface area contributed by atoms with Gasteiger partial charge in [0.2, 0.25) is 0 Å². The Labute approximate surface area is 69.4 Å². The van der Waals surface area contributed by atoms with Gasteiger partial charge in [0.1, 0.15) is 12.2 Å². The Morgan fingerprint density at radius 3 is 2.27 bits per heavy atom. The molecule has 0 radical (unpaired) electrons. The van der Waals surface area contributed by atoms with Crippen molar-refractivity contribution < 1.29 is 20.1 Å². The van der Waals surface area contributed by atoms with Crippen molar-refractivity contribution in [1.29, 1.82) is 0 Å². The van der Waals surface area contributed by atoms with Crippen LogP contribution >= 0.6 is 11.6 Å². The lowest BCUT2D eigenvalue weighted by Crippen LogP contribution is -2.54. The highest BCUT2D eigenvalue weighted by Crippen LogP contribution is 2.23. The van der Waals surface area contributed by atoms with E-state index in [0.717, 1.165) is 0 Å². The van der Waals surface area contributed by atoms with Gasteiger partial charge in [0.05, 0.1) is 11.5 Å². The average molecular weight is 183 g/mol. The molecule has 1 rings (SSSR count). The Morgan fingerprint density at radius 2 is 1.73 bits per heavy atom. The summed E-state index contributed by atoms with van der Waals surface area (Å²) in [5.41, 5.74) is 0. The minimum Gasteiger partial charge on any atom is -0.389 e. The van der Waals surface area contributed by atoms with Gasteiger partial charge in [-0.3, -0.25) is 0 Å². The lowest BCUT2D eigenvalue weighted by atomic mass is 10.0. The predicted molar refractivity (Wildman–Crippen MR) is 38.2 cm³/mol. The van der Waals surface area contributed by atoms with Crippen LogP contribution < -0.4 is 0 Å². The van der Waals surface area contributed by atoms with Gasteiger partial charge in [0.15, 0.2) is 6.29 Å². The van der Waals surface area contributed by atoms with Crippen molar-refractivity contribution in [3.05, 3.63) is 0 Å². The SMILES string of the molecule is C[C@@H]1O[C@@H](O)[C@@H](O)[C@H](O)[C@H]1Cl. The van der Waals surface area contributed by atoms with Crippen LogP contribution in [0.1, 0.15) is 6.92 Å². The van der Waals surface area contributed by atoms with Gasteiger partial charge in [-0.15, -0.1) is 11.6 Å². The zero-order valence-electron chi connectivity index (χ0n) is 6.01. The van der Waals surface area contributed by atoms with Gasteiger partial charge in [-0.05, 0) is 6.92 Å². The Kier molecular flexibility index (Phi) is 2.72. The third-order valence-corrected chi connectivity index (χ3v) is 2.38. The lowest BCUT2D eigenvalue weighted by molar-refractivity contribution is -0.240. The van der Waals surface area contributed by atoms with Crippen molar-refractivity contribution in [3.63, 3.8) is 0 Å². The fourth-order valence-corrected chi connectivity index (χ4v) is 1.22. The molecule has 0 aromatic carbocycles. The van der Waals surface area contributed by atoms with Crippen LogP contribution in [0.15, 0.2) is 0 Å². The zero-order valence-corrected chi connectivity index (χ0v) is 6.77. The summed E-state index contributed by atoms with van der Waals surface area (Å²) < 4.78 is 4.79. The second-order valence-electron chi connectivity index (χ2n) is 2.66. The molecule has 1 heterocycles. The second-order valence-corrected chi connectivity index (χ2v) is 3.16. The van der Waals surface area contributed by atoms with Gasteiger partial charge in [0.25, 0.3) is 0 Å². The molecule has 1 aliphatic heterocycles. The van der Waals surface area contributed by atoms with Gasteiger partial charge >= 0.3 is 0 Å². The molecule has 0 bridgehead atoms. The normalized spacial score (nSPS) is 52.6. The fraction of sp³-hybridized carbons (Fsp3) is 1.00. The van der Waals surface area contributed by atoms with E-state index in [1.165, 1.54) is 0 Å². The molecule has 1 aliphatic rings. The van der Waals surface area contributed by atoms with E-state index in [1.807, 2.05) is 0 Å². The monoisotopic (exact) mass is 182 g/mol. The van der Waals surface area contributed by atoms with Gasteiger partial charge in [-0.2, -0.15) is 0 Å². The molecule has 66 valence electrons. The molecule has 5 atom stereocenters. The molecule has 3 N–H and O–H groups in total. The average Bonchev–Trinajstić information content (AvgIpc) is 1.97. The number of halogens is 1. The summed E-state index contributed by atoms with van der Waals surface area (Å²) in [5, 5.41) is 26.5. The zero-order chi connectivity index (χ0) is 8.59. The van der Waals surface area contributed by atoms with Crippen molar-refractivity contribution in [2.24, 2.45) is 0 Å². The number of hydrogen-bond acceptors (Lipinski definition) is 4. The predicted octanol–water partition coefficient (Wildman–Crippen LogP) is -0.947. The molecule has 1 saturated heterocycles. The Bertz CT molecular complexity index is 129. The quantitative estimate of drug-likeness (QED) is 0.423. The van der Waals surface area contributed by atoms with Crippen LogP contribution in [0.25, 0.3) is 0 Å². The van der Waals surface area contributed by atoms with Crippen molar-refractivity contribution in [2.75, 3.05) is 0 Å². The molecule has 0 amide bonds. The van der Waals surface area contributed by atoms with Gasteiger partial charge in [-0.25, -0.2) is 0 Å². The molecule has 1 fully saturated rings. The number of rotatable bonds is 0. The van der Waals surface area contributed by atoms with Crippen molar-refractivity contribution in [2.45, 2.75) is 36.9 Å². The molecule has 11 heavy (non-hydrogen) atoms. The summed E-state index contributed by atoms with van der Waals surface area (Å²) in [6.07, 6.45) is -4.23. The van der Waals surface area contributed by atoms with E-state index < -0.39 is 30.0 Å². The third kappa shape index (κ3) is 1.65. The number of aliphatic hydroxyl groups is 3. The smallest absolute Gasteiger partial charge is 0.183 e. The second kappa shape index (κ2) is 3.25. The van der Waals surface area contributed by atoms with Crippen LogP contribution in [-0.4, -0.2) is 45.3 Å². The topological polar surface area (TPSA) is 69.9 Å². The standard InChI is InChI=1S/C6H11ClO4/c1-2-3(7)4(8)5(9)6(10)11-2/h2-6,8-10H,1H3/t2-,3-,4+,5-,6+/m0/s1. The Balaban J connectivity index is 2.63. The van der Waals surface area contributed by atoms with E-state index in [9.17, 15) is 0 Å². The largest absolute Gasteiger partial charge is 0.389 e. The third-order valence-electron chi connectivity index (χ3n) is 1.77. The number of aliphatic hydroxyl groups excluding tert-OH is 3. The van der Waals surface area contributed by atoms with E-state index in [0.29, 0.717) is 0 Å². The first-order valence-electron chi connectivity index (χ1n) is 3.37. The molecular weight excluding hydrogens is 172 g/mol. The summed E-state index contributed by atoms with van der Waals surface area (Å²) in [7, 11) is 0. The highest BCUT2D eigenvalue weighted by molar-refractivity contribution is 6.21. The van der Waals surface area contributed by atoms with E-state index >= 15 is 0 Å². The number of alkyl halides is 1. The molecule has 0 spiro atoms. The first-order chi connectivity index (χ1) is 5.04. The first-order valence-corrected chi connectivity index (χ1v) is 3.81. The van der Waals surface area contributed by atoms with E-state index in [4.69, 9.17) is 31.7 Å². The number of hydrogen-bond donors (Lipinski definition) is 3. The molecule has 4 nitrogen and oxygen atoms in total. The minimum atomic E-state index is -1.34. The van der Waals surface area contributed by atoms with Crippen LogP contribution in [0.5, 0.6) is 0 Å².